The smallest absolute Gasteiger partial charge is 0.240 e. The molecule has 1 atom stereocenters. The van der Waals surface area contributed by atoms with Gasteiger partial charge in [-0.25, -0.2) is 8.42 Å². The Morgan fingerprint density at radius 1 is 1.19 bits per heavy atom. The highest BCUT2D eigenvalue weighted by Gasteiger charge is 2.58. The molecular formula is C19H26N2O4S. The second-order valence-electron chi connectivity index (χ2n) is 7.23. The average molecular weight is 378 g/mol. The van der Waals surface area contributed by atoms with E-state index in [2.05, 4.69) is 12.2 Å². The average Bonchev–Trinajstić information content (AvgIpc) is 3.35. The summed E-state index contributed by atoms with van der Waals surface area (Å²) in [5.74, 6) is -0.400. The molecule has 1 heterocycles. The number of amides is 2. The number of sulfone groups is 1. The van der Waals surface area contributed by atoms with Crippen LogP contribution in [-0.2, 0) is 25.8 Å². The number of nitrogens with zero attached hydrogens (tertiary/aromatic N) is 1. The first-order valence-electron chi connectivity index (χ1n) is 9.23. The Morgan fingerprint density at radius 2 is 1.85 bits per heavy atom. The largest absolute Gasteiger partial charge is 0.338 e. The van der Waals surface area contributed by atoms with Gasteiger partial charge in [0.25, 0.3) is 0 Å². The lowest BCUT2D eigenvalue weighted by molar-refractivity contribution is -0.143. The Kier molecular flexibility index (Phi) is 5.10. The lowest BCUT2D eigenvalue weighted by Gasteiger charge is -2.30. The topological polar surface area (TPSA) is 83.6 Å². The number of nitrogens with one attached hydrogen (secondary N) is 1. The summed E-state index contributed by atoms with van der Waals surface area (Å²) in [5.41, 5.74) is 0.823. The molecule has 1 unspecified atom stereocenters. The van der Waals surface area contributed by atoms with Crippen molar-refractivity contribution in [3.05, 3.63) is 29.8 Å². The predicted octanol–water partition coefficient (Wildman–Crippen LogP) is 2.00. The van der Waals surface area contributed by atoms with Crippen LogP contribution < -0.4 is 5.32 Å². The molecule has 3 rings (SSSR count). The maximum atomic E-state index is 13.1. The van der Waals surface area contributed by atoms with Crippen LogP contribution in [0.1, 0.15) is 38.7 Å². The van der Waals surface area contributed by atoms with Gasteiger partial charge in [0.2, 0.25) is 11.8 Å². The van der Waals surface area contributed by atoms with Crippen LogP contribution in [0.4, 0.5) is 5.69 Å². The first kappa shape index (κ1) is 18.9. The minimum atomic E-state index is -3.08. The van der Waals surface area contributed by atoms with Gasteiger partial charge in [0.1, 0.15) is 5.41 Å². The number of anilines is 1. The molecule has 2 fully saturated rings. The number of benzene rings is 1. The Hall–Kier alpha value is -1.89. The van der Waals surface area contributed by atoms with Crippen molar-refractivity contribution in [1.82, 2.24) is 4.90 Å². The zero-order valence-electron chi connectivity index (χ0n) is 15.3. The minimum absolute atomic E-state index is 0.00274. The van der Waals surface area contributed by atoms with Gasteiger partial charge in [-0.1, -0.05) is 19.1 Å². The van der Waals surface area contributed by atoms with E-state index in [0.717, 1.165) is 6.42 Å². The molecule has 1 N–H and O–H groups in total. The lowest BCUT2D eigenvalue weighted by Crippen LogP contribution is -2.48. The number of hydrogen-bond acceptors (Lipinski definition) is 4. The summed E-state index contributed by atoms with van der Waals surface area (Å²) in [7, 11) is -3.08. The second kappa shape index (κ2) is 7.02. The Labute approximate surface area is 154 Å². The Morgan fingerprint density at radius 3 is 2.31 bits per heavy atom. The maximum Gasteiger partial charge on any atom is 0.240 e. The molecule has 1 saturated heterocycles. The first-order valence-corrected chi connectivity index (χ1v) is 11.1. The van der Waals surface area contributed by atoms with Crippen LogP contribution in [-0.4, -0.2) is 49.2 Å². The molecule has 0 spiro atoms. The van der Waals surface area contributed by atoms with E-state index in [1.807, 2.05) is 31.2 Å². The zero-order valence-corrected chi connectivity index (χ0v) is 16.1. The van der Waals surface area contributed by atoms with Crippen LogP contribution in [0.25, 0.3) is 0 Å². The maximum absolute atomic E-state index is 13.1. The van der Waals surface area contributed by atoms with Gasteiger partial charge in [0.05, 0.1) is 11.5 Å². The molecule has 2 aliphatic rings. The van der Waals surface area contributed by atoms with Crippen LogP contribution >= 0.6 is 0 Å². The van der Waals surface area contributed by atoms with E-state index in [9.17, 15) is 18.0 Å². The van der Waals surface area contributed by atoms with Crippen molar-refractivity contribution >= 4 is 27.3 Å². The molecule has 0 aromatic heterocycles. The van der Waals surface area contributed by atoms with Gasteiger partial charge in [-0.2, -0.15) is 0 Å². The van der Waals surface area contributed by atoms with E-state index in [1.54, 1.807) is 4.90 Å². The number of hydrogen-bond donors (Lipinski definition) is 1. The normalized spacial score (nSPS) is 22.6. The highest BCUT2D eigenvalue weighted by Crippen LogP contribution is 2.48. The fourth-order valence-corrected chi connectivity index (χ4v) is 5.33. The molecule has 0 radical (unpaired) electrons. The van der Waals surface area contributed by atoms with E-state index in [0.29, 0.717) is 31.5 Å². The quantitative estimate of drug-likeness (QED) is 0.768. The zero-order chi connectivity index (χ0) is 18.9. The van der Waals surface area contributed by atoms with Gasteiger partial charge in [-0.05, 0) is 50.3 Å². The standard InChI is InChI=1S/C19H26N2O4S/c1-3-14-5-7-15(8-6-14)20-17(22)19(10-11-19)18(23)21(4-2)16-9-12-26(24,25)13-16/h5-8,16H,3-4,9-13H2,1-2H3,(H,20,22). The lowest BCUT2D eigenvalue weighted by atomic mass is 10.0. The highest BCUT2D eigenvalue weighted by atomic mass is 32.2. The molecule has 1 aliphatic carbocycles. The third-order valence-electron chi connectivity index (χ3n) is 5.46. The minimum Gasteiger partial charge on any atom is -0.338 e. The molecule has 142 valence electrons. The van der Waals surface area contributed by atoms with E-state index < -0.39 is 15.3 Å². The van der Waals surface area contributed by atoms with Crippen molar-refractivity contribution in [3.8, 4) is 0 Å². The van der Waals surface area contributed by atoms with Crippen molar-refractivity contribution in [2.45, 2.75) is 45.6 Å². The molecule has 1 aromatic carbocycles. The highest BCUT2D eigenvalue weighted by molar-refractivity contribution is 7.91. The van der Waals surface area contributed by atoms with Crippen LogP contribution in [0.3, 0.4) is 0 Å². The van der Waals surface area contributed by atoms with Crippen LogP contribution in [0.2, 0.25) is 0 Å². The summed E-state index contributed by atoms with van der Waals surface area (Å²) in [6.45, 7) is 4.31. The second-order valence-corrected chi connectivity index (χ2v) is 9.46. The molecule has 7 heteroatoms. The number of carbonyl (C=O) groups is 2. The van der Waals surface area contributed by atoms with Crippen LogP contribution in [0, 0.1) is 5.41 Å². The third-order valence-corrected chi connectivity index (χ3v) is 7.22. The summed E-state index contributed by atoms with van der Waals surface area (Å²) in [6.07, 6.45) is 2.41. The van der Waals surface area contributed by atoms with Gasteiger partial charge in [0.15, 0.2) is 9.84 Å². The van der Waals surface area contributed by atoms with Crippen LogP contribution in [0.5, 0.6) is 0 Å². The fourth-order valence-electron chi connectivity index (χ4n) is 3.60. The molecule has 1 aromatic rings. The van der Waals surface area contributed by atoms with Gasteiger partial charge in [0, 0.05) is 18.3 Å². The van der Waals surface area contributed by atoms with Crippen molar-refractivity contribution in [3.63, 3.8) is 0 Å². The number of aryl methyl sites for hydroxylation is 1. The summed E-state index contributed by atoms with van der Waals surface area (Å²) in [4.78, 5) is 27.4. The fraction of sp³-hybridized carbons (Fsp3) is 0.579. The van der Waals surface area contributed by atoms with E-state index in [1.165, 1.54) is 5.56 Å². The van der Waals surface area contributed by atoms with Crippen LogP contribution in [0.15, 0.2) is 24.3 Å². The van der Waals surface area contributed by atoms with E-state index >= 15 is 0 Å². The van der Waals surface area contributed by atoms with Gasteiger partial charge >= 0.3 is 0 Å². The molecule has 2 amide bonds. The molecule has 26 heavy (non-hydrogen) atoms. The van der Waals surface area contributed by atoms with E-state index in [-0.39, 0.29) is 29.4 Å². The summed E-state index contributed by atoms with van der Waals surface area (Å²) >= 11 is 0. The van der Waals surface area contributed by atoms with Gasteiger partial charge < -0.3 is 10.2 Å². The Balaban J connectivity index is 1.71. The first-order chi connectivity index (χ1) is 12.3. The van der Waals surface area contributed by atoms with Crippen molar-refractivity contribution in [2.75, 3.05) is 23.4 Å². The van der Waals surface area contributed by atoms with Gasteiger partial charge in [-0.3, -0.25) is 9.59 Å². The van der Waals surface area contributed by atoms with E-state index in [4.69, 9.17) is 0 Å². The van der Waals surface area contributed by atoms with Gasteiger partial charge in [-0.15, -0.1) is 0 Å². The molecule has 6 nitrogen and oxygen atoms in total. The summed E-state index contributed by atoms with van der Waals surface area (Å²) in [6, 6.07) is 7.29. The molecule has 1 aliphatic heterocycles. The molecule has 1 saturated carbocycles. The summed E-state index contributed by atoms with van der Waals surface area (Å²) < 4.78 is 23.5. The number of rotatable bonds is 6. The third kappa shape index (κ3) is 3.63. The number of carbonyl (C=O) groups excluding carboxylic acids is 2. The monoisotopic (exact) mass is 378 g/mol. The van der Waals surface area contributed by atoms with Crippen molar-refractivity contribution < 1.29 is 18.0 Å². The SMILES string of the molecule is CCc1ccc(NC(=O)C2(C(=O)N(CC)C3CCS(=O)(=O)C3)CC2)cc1. The molecular weight excluding hydrogens is 352 g/mol. The Bertz CT molecular complexity index is 797. The van der Waals surface area contributed by atoms with Crippen molar-refractivity contribution in [2.24, 2.45) is 5.41 Å². The predicted molar refractivity (Wildman–Crippen MR) is 101 cm³/mol. The summed E-state index contributed by atoms with van der Waals surface area (Å²) in [5, 5.41) is 2.86. The van der Waals surface area contributed by atoms with Crippen molar-refractivity contribution in [1.29, 1.82) is 0 Å². The molecule has 0 bridgehead atoms.